The van der Waals surface area contributed by atoms with Gasteiger partial charge in [-0.1, -0.05) is 37.3 Å². The topological polar surface area (TPSA) is 58.9 Å². The fourth-order valence-corrected chi connectivity index (χ4v) is 2.76. The Balaban J connectivity index is 2.36. The van der Waals surface area contributed by atoms with Gasteiger partial charge >= 0.3 is 0 Å². The molecule has 23 heavy (non-hydrogen) atoms. The van der Waals surface area contributed by atoms with Gasteiger partial charge in [0.25, 0.3) is 0 Å². The molecule has 4 nitrogen and oxygen atoms in total. The van der Waals surface area contributed by atoms with E-state index in [-0.39, 0.29) is 11.5 Å². The minimum atomic E-state index is 0.0952. The van der Waals surface area contributed by atoms with Crippen molar-refractivity contribution in [3.8, 4) is 22.6 Å². The maximum atomic E-state index is 10.4. The zero-order chi connectivity index (χ0) is 16.7. The third-order valence-corrected chi connectivity index (χ3v) is 3.85. The number of benzene rings is 2. The van der Waals surface area contributed by atoms with Crippen molar-refractivity contribution in [3.05, 3.63) is 47.5 Å². The summed E-state index contributed by atoms with van der Waals surface area (Å²) in [6, 6.07) is 11.2. The van der Waals surface area contributed by atoms with Gasteiger partial charge in [0, 0.05) is 18.7 Å². The van der Waals surface area contributed by atoms with Crippen molar-refractivity contribution in [2.45, 2.75) is 19.8 Å². The Hall–Kier alpha value is -2.04. The Morgan fingerprint density at radius 3 is 2.30 bits per heavy atom. The van der Waals surface area contributed by atoms with Crippen LogP contribution in [-0.2, 0) is 22.3 Å². The number of hydrogen-bond acceptors (Lipinski definition) is 4. The number of methoxy groups -OCH3 is 1. The van der Waals surface area contributed by atoms with E-state index in [1.807, 2.05) is 37.3 Å². The second-order valence-electron chi connectivity index (χ2n) is 5.32. The van der Waals surface area contributed by atoms with Gasteiger partial charge in [-0.15, -0.1) is 0 Å². The maximum Gasteiger partial charge on any atom is 0.127 e. The highest BCUT2D eigenvalue weighted by atomic mass is 16.5. The van der Waals surface area contributed by atoms with Crippen LogP contribution in [0, 0.1) is 0 Å². The van der Waals surface area contributed by atoms with Crippen molar-refractivity contribution < 1.29 is 19.7 Å². The molecule has 0 saturated carbocycles. The Kier molecular flexibility index (Phi) is 6.44. The van der Waals surface area contributed by atoms with Crippen molar-refractivity contribution >= 4 is 0 Å². The molecule has 0 aliphatic heterocycles. The SMILES string of the molecule is CCc1c(O)cc(O)c(-c2ccccc2)c1CCOCCOC. The smallest absolute Gasteiger partial charge is 0.127 e. The summed E-state index contributed by atoms with van der Waals surface area (Å²) in [5.41, 5.74) is 3.51. The van der Waals surface area contributed by atoms with Crippen LogP contribution in [0.3, 0.4) is 0 Å². The molecule has 2 aromatic rings. The second-order valence-corrected chi connectivity index (χ2v) is 5.32. The van der Waals surface area contributed by atoms with Gasteiger partial charge in [-0.25, -0.2) is 0 Å². The lowest BCUT2D eigenvalue weighted by molar-refractivity contribution is 0.0722. The Bertz CT molecular complexity index is 623. The van der Waals surface area contributed by atoms with Crippen LogP contribution in [0.4, 0.5) is 0 Å². The third-order valence-electron chi connectivity index (χ3n) is 3.85. The van der Waals surface area contributed by atoms with Crippen LogP contribution >= 0.6 is 0 Å². The minimum absolute atomic E-state index is 0.0952. The molecule has 124 valence electrons. The molecule has 0 atom stereocenters. The normalized spacial score (nSPS) is 10.9. The molecule has 0 bridgehead atoms. The first-order valence-electron chi connectivity index (χ1n) is 7.87. The average Bonchev–Trinajstić information content (AvgIpc) is 2.55. The number of rotatable bonds is 8. The van der Waals surface area contributed by atoms with Crippen LogP contribution in [0.1, 0.15) is 18.1 Å². The van der Waals surface area contributed by atoms with Crippen molar-refractivity contribution in [1.82, 2.24) is 0 Å². The van der Waals surface area contributed by atoms with E-state index in [2.05, 4.69) is 0 Å². The first kappa shape index (κ1) is 17.3. The zero-order valence-electron chi connectivity index (χ0n) is 13.7. The van der Waals surface area contributed by atoms with Crippen LogP contribution < -0.4 is 0 Å². The van der Waals surface area contributed by atoms with Crippen LogP contribution in [0.2, 0.25) is 0 Å². The summed E-state index contributed by atoms with van der Waals surface area (Å²) < 4.78 is 10.5. The summed E-state index contributed by atoms with van der Waals surface area (Å²) in [4.78, 5) is 0. The fraction of sp³-hybridized carbons (Fsp3) is 0.368. The standard InChI is InChI=1S/C19H24O4/c1-3-15-16(9-10-23-12-11-22-2)19(18(21)13-17(15)20)14-7-5-4-6-8-14/h4-8,13,20-21H,3,9-12H2,1-2H3. The average molecular weight is 316 g/mol. The Morgan fingerprint density at radius 2 is 1.65 bits per heavy atom. The number of hydrogen-bond donors (Lipinski definition) is 2. The van der Waals surface area contributed by atoms with Crippen molar-refractivity contribution in [1.29, 1.82) is 0 Å². The van der Waals surface area contributed by atoms with Crippen molar-refractivity contribution in [2.75, 3.05) is 26.9 Å². The fourth-order valence-electron chi connectivity index (χ4n) is 2.76. The summed E-state index contributed by atoms with van der Waals surface area (Å²) in [5, 5.41) is 20.5. The van der Waals surface area contributed by atoms with Gasteiger partial charge in [0.1, 0.15) is 11.5 Å². The van der Waals surface area contributed by atoms with Gasteiger partial charge in [0.15, 0.2) is 0 Å². The van der Waals surface area contributed by atoms with E-state index in [4.69, 9.17) is 9.47 Å². The summed E-state index contributed by atoms with van der Waals surface area (Å²) in [7, 11) is 1.64. The summed E-state index contributed by atoms with van der Waals surface area (Å²) in [6.07, 6.45) is 1.32. The number of ether oxygens (including phenoxy) is 2. The molecular weight excluding hydrogens is 292 g/mol. The molecule has 2 aromatic carbocycles. The molecule has 4 heteroatoms. The van der Waals surface area contributed by atoms with E-state index >= 15 is 0 Å². The monoisotopic (exact) mass is 316 g/mol. The van der Waals surface area contributed by atoms with E-state index in [1.54, 1.807) is 7.11 Å². The summed E-state index contributed by atoms with van der Waals surface area (Å²) in [6.45, 7) is 3.59. The van der Waals surface area contributed by atoms with Gasteiger partial charge in [0.05, 0.1) is 19.8 Å². The molecule has 0 fully saturated rings. The Morgan fingerprint density at radius 1 is 0.913 bits per heavy atom. The number of phenolic OH excluding ortho intramolecular Hbond substituents is 2. The van der Waals surface area contributed by atoms with Crippen molar-refractivity contribution in [2.24, 2.45) is 0 Å². The highest BCUT2D eigenvalue weighted by molar-refractivity contribution is 5.76. The van der Waals surface area contributed by atoms with Crippen LogP contribution in [0.15, 0.2) is 36.4 Å². The molecular formula is C19H24O4. The minimum Gasteiger partial charge on any atom is -0.508 e. The van der Waals surface area contributed by atoms with Gasteiger partial charge in [-0.3, -0.25) is 0 Å². The molecule has 0 amide bonds. The molecule has 2 rings (SSSR count). The highest BCUT2D eigenvalue weighted by Crippen LogP contribution is 2.39. The molecule has 0 heterocycles. The van der Waals surface area contributed by atoms with Gasteiger partial charge in [0.2, 0.25) is 0 Å². The van der Waals surface area contributed by atoms with E-state index in [1.165, 1.54) is 6.07 Å². The van der Waals surface area contributed by atoms with Gasteiger partial charge < -0.3 is 19.7 Å². The van der Waals surface area contributed by atoms with E-state index < -0.39 is 0 Å². The van der Waals surface area contributed by atoms with E-state index in [0.717, 1.165) is 22.3 Å². The van der Waals surface area contributed by atoms with Gasteiger partial charge in [-0.2, -0.15) is 0 Å². The second kappa shape index (κ2) is 8.56. The van der Waals surface area contributed by atoms with Crippen molar-refractivity contribution in [3.63, 3.8) is 0 Å². The van der Waals surface area contributed by atoms with E-state index in [9.17, 15) is 10.2 Å². The predicted molar refractivity (Wildman–Crippen MR) is 91.0 cm³/mol. The lowest BCUT2D eigenvalue weighted by atomic mass is 9.91. The number of aromatic hydroxyl groups is 2. The van der Waals surface area contributed by atoms with Crippen LogP contribution in [0.25, 0.3) is 11.1 Å². The third kappa shape index (κ3) is 4.24. The summed E-state index contributed by atoms with van der Waals surface area (Å²) in [5.74, 6) is 0.231. The maximum absolute atomic E-state index is 10.4. The quantitative estimate of drug-likeness (QED) is 0.731. The van der Waals surface area contributed by atoms with Gasteiger partial charge in [-0.05, 0) is 29.5 Å². The molecule has 0 aliphatic rings. The first-order chi connectivity index (χ1) is 11.2. The Labute approximate surface area is 137 Å². The lowest BCUT2D eigenvalue weighted by Crippen LogP contribution is -2.07. The van der Waals surface area contributed by atoms with E-state index in [0.29, 0.717) is 32.7 Å². The number of phenols is 2. The molecule has 0 saturated heterocycles. The molecule has 0 spiro atoms. The zero-order valence-corrected chi connectivity index (χ0v) is 13.7. The molecule has 0 radical (unpaired) electrons. The lowest BCUT2D eigenvalue weighted by Gasteiger charge is -2.18. The molecule has 0 unspecified atom stereocenters. The van der Waals surface area contributed by atoms with Crippen LogP contribution in [0.5, 0.6) is 11.5 Å². The predicted octanol–water partition coefficient (Wildman–Crippen LogP) is 3.53. The highest BCUT2D eigenvalue weighted by Gasteiger charge is 2.17. The molecule has 0 aromatic heterocycles. The summed E-state index contributed by atoms with van der Waals surface area (Å²) >= 11 is 0. The molecule has 0 aliphatic carbocycles. The largest absolute Gasteiger partial charge is 0.508 e. The first-order valence-corrected chi connectivity index (χ1v) is 7.87. The molecule has 2 N–H and O–H groups in total. The van der Waals surface area contributed by atoms with Crippen LogP contribution in [-0.4, -0.2) is 37.1 Å².